The third-order valence-electron chi connectivity index (χ3n) is 4.99. The predicted molar refractivity (Wildman–Crippen MR) is 106 cm³/mol. The van der Waals surface area contributed by atoms with Gasteiger partial charge in [-0.25, -0.2) is 0 Å². The molecule has 0 radical (unpaired) electrons. The van der Waals surface area contributed by atoms with Crippen LogP contribution in [0, 0.1) is 0 Å². The number of ether oxygens (including phenoxy) is 3. The molecule has 6 nitrogen and oxygen atoms in total. The summed E-state index contributed by atoms with van der Waals surface area (Å²) in [6.45, 7) is 4.38. The lowest BCUT2D eigenvalue weighted by Crippen LogP contribution is -2.43. The third-order valence-corrected chi connectivity index (χ3v) is 5.22. The second kappa shape index (κ2) is 8.82. The zero-order chi connectivity index (χ0) is 19.3. The zero-order valence-electron chi connectivity index (χ0n) is 15.5. The van der Waals surface area contributed by atoms with E-state index in [-0.39, 0.29) is 11.9 Å². The third kappa shape index (κ3) is 4.24. The maximum Gasteiger partial charge on any atom is 0.255 e. The van der Waals surface area contributed by atoms with Gasteiger partial charge < -0.3 is 19.5 Å². The monoisotopic (exact) mass is 402 g/mol. The lowest BCUT2D eigenvalue weighted by atomic mass is 10.0. The van der Waals surface area contributed by atoms with E-state index in [1.165, 1.54) is 0 Å². The van der Waals surface area contributed by atoms with Gasteiger partial charge in [-0.05, 0) is 29.8 Å². The molecule has 1 N–H and O–H groups in total. The average molecular weight is 403 g/mol. The summed E-state index contributed by atoms with van der Waals surface area (Å²) in [5.41, 5.74) is 1.56. The molecule has 1 atom stereocenters. The van der Waals surface area contributed by atoms with Gasteiger partial charge in [-0.15, -0.1) is 0 Å². The van der Waals surface area contributed by atoms with Crippen molar-refractivity contribution in [3.05, 3.63) is 58.6 Å². The molecule has 0 aromatic heterocycles. The van der Waals surface area contributed by atoms with E-state index in [0.29, 0.717) is 55.1 Å². The topological polar surface area (TPSA) is 60.0 Å². The number of morpholine rings is 1. The zero-order valence-corrected chi connectivity index (χ0v) is 16.3. The molecule has 0 aliphatic carbocycles. The first-order valence-corrected chi connectivity index (χ1v) is 9.84. The number of nitrogens with zero attached hydrogens (tertiary/aromatic N) is 1. The Hall–Kier alpha value is -2.28. The Morgan fingerprint density at radius 2 is 1.86 bits per heavy atom. The van der Waals surface area contributed by atoms with Gasteiger partial charge in [0.05, 0.1) is 24.8 Å². The lowest BCUT2D eigenvalue weighted by molar-refractivity contribution is 0.0162. The summed E-state index contributed by atoms with van der Waals surface area (Å²) >= 11 is 6.20. The first-order valence-electron chi connectivity index (χ1n) is 9.46. The number of carbonyl (C=O) groups excluding carboxylic acids is 1. The maximum atomic E-state index is 12.9. The van der Waals surface area contributed by atoms with E-state index in [2.05, 4.69) is 10.2 Å². The van der Waals surface area contributed by atoms with Crippen molar-refractivity contribution in [2.75, 3.05) is 46.1 Å². The molecule has 0 bridgehead atoms. The Bertz CT molecular complexity index is 839. The van der Waals surface area contributed by atoms with Crippen LogP contribution in [0.1, 0.15) is 22.0 Å². The Balaban J connectivity index is 1.52. The van der Waals surface area contributed by atoms with Crippen LogP contribution < -0.4 is 14.8 Å². The fraction of sp³-hybridized carbons (Fsp3) is 0.381. The van der Waals surface area contributed by atoms with E-state index >= 15 is 0 Å². The lowest BCUT2D eigenvalue weighted by Gasteiger charge is -2.35. The highest BCUT2D eigenvalue weighted by Crippen LogP contribution is 2.33. The van der Waals surface area contributed by atoms with Crippen molar-refractivity contribution < 1.29 is 19.0 Å². The molecule has 2 aliphatic rings. The number of nitrogens with one attached hydrogen (secondary N) is 1. The standard InChI is InChI=1S/C21H23ClN2O4/c22-16-4-1-3-15(13-16)18(24-7-9-26-10-8-24)14-23-21(25)17-5-2-6-19-20(17)28-12-11-27-19/h1-6,13,18H,7-12,14H2,(H,23,25). The quantitative estimate of drug-likeness (QED) is 0.833. The van der Waals surface area contributed by atoms with E-state index in [4.69, 9.17) is 25.8 Å². The summed E-state index contributed by atoms with van der Waals surface area (Å²) in [5.74, 6) is 0.943. The summed E-state index contributed by atoms with van der Waals surface area (Å²) in [7, 11) is 0. The molecule has 7 heteroatoms. The summed E-state index contributed by atoms with van der Waals surface area (Å²) < 4.78 is 16.7. The first kappa shape index (κ1) is 19.1. The van der Waals surface area contributed by atoms with Gasteiger partial charge in [0.15, 0.2) is 11.5 Å². The van der Waals surface area contributed by atoms with Gasteiger partial charge in [-0.3, -0.25) is 9.69 Å². The molecule has 2 heterocycles. The molecular formula is C21H23ClN2O4. The second-order valence-electron chi connectivity index (χ2n) is 6.76. The van der Waals surface area contributed by atoms with Crippen molar-refractivity contribution in [1.82, 2.24) is 10.2 Å². The van der Waals surface area contributed by atoms with Crippen LogP contribution >= 0.6 is 11.6 Å². The van der Waals surface area contributed by atoms with Crippen LogP contribution in [0.2, 0.25) is 5.02 Å². The Kier molecular flexibility index (Phi) is 6.00. The van der Waals surface area contributed by atoms with E-state index in [1.807, 2.05) is 30.3 Å². The van der Waals surface area contributed by atoms with Gasteiger partial charge in [-0.1, -0.05) is 29.8 Å². The largest absolute Gasteiger partial charge is 0.486 e. The molecule has 1 unspecified atom stereocenters. The molecule has 4 rings (SSSR count). The van der Waals surface area contributed by atoms with Gasteiger partial charge in [0.1, 0.15) is 13.2 Å². The summed E-state index contributed by atoms with van der Waals surface area (Å²) in [6, 6.07) is 13.2. The number of fused-ring (bicyclic) bond motifs is 1. The Morgan fingerprint density at radius 3 is 2.68 bits per heavy atom. The van der Waals surface area contributed by atoms with Crippen molar-refractivity contribution in [2.24, 2.45) is 0 Å². The molecule has 2 aromatic rings. The van der Waals surface area contributed by atoms with Crippen LogP contribution in [0.25, 0.3) is 0 Å². The van der Waals surface area contributed by atoms with Crippen LogP contribution in [0.5, 0.6) is 11.5 Å². The maximum absolute atomic E-state index is 12.9. The van der Waals surface area contributed by atoms with Crippen molar-refractivity contribution in [2.45, 2.75) is 6.04 Å². The molecule has 148 valence electrons. The Morgan fingerprint density at radius 1 is 1.07 bits per heavy atom. The van der Waals surface area contributed by atoms with Crippen LogP contribution in [0.3, 0.4) is 0 Å². The normalized spacial score (nSPS) is 17.8. The van der Waals surface area contributed by atoms with Crippen LogP contribution in [-0.2, 0) is 4.74 Å². The van der Waals surface area contributed by atoms with Gasteiger partial charge in [0, 0.05) is 24.7 Å². The van der Waals surface area contributed by atoms with E-state index < -0.39 is 0 Å². The van der Waals surface area contributed by atoms with Crippen molar-refractivity contribution in [3.8, 4) is 11.5 Å². The van der Waals surface area contributed by atoms with Crippen molar-refractivity contribution >= 4 is 17.5 Å². The predicted octanol–water partition coefficient (Wildman–Crippen LogP) is 2.91. The fourth-order valence-electron chi connectivity index (χ4n) is 3.60. The number of hydrogen-bond donors (Lipinski definition) is 1. The van der Waals surface area contributed by atoms with Gasteiger partial charge in [0.2, 0.25) is 0 Å². The highest BCUT2D eigenvalue weighted by Gasteiger charge is 2.25. The summed E-state index contributed by atoms with van der Waals surface area (Å²) in [4.78, 5) is 15.2. The first-order chi connectivity index (χ1) is 13.7. The molecular weight excluding hydrogens is 380 g/mol. The minimum absolute atomic E-state index is 0.0169. The van der Waals surface area contributed by atoms with E-state index in [1.54, 1.807) is 12.1 Å². The number of carbonyl (C=O) groups is 1. The SMILES string of the molecule is O=C(NCC(c1cccc(Cl)c1)N1CCOCC1)c1cccc2c1OCCO2. The molecule has 0 saturated carbocycles. The molecule has 28 heavy (non-hydrogen) atoms. The molecule has 1 fully saturated rings. The number of para-hydroxylation sites is 1. The van der Waals surface area contributed by atoms with Gasteiger partial charge >= 0.3 is 0 Å². The molecule has 2 aliphatic heterocycles. The van der Waals surface area contributed by atoms with Crippen LogP contribution in [-0.4, -0.2) is 56.9 Å². The number of hydrogen-bond acceptors (Lipinski definition) is 5. The minimum atomic E-state index is -0.178. The van der Waals surface area contributed by atoms with Crippen LogP contribution in [0.4, 0.5) is 0 Å². The minimum Gasteiger partial charge on any atom is -0.486 e. The summed E-state index contributed by atoms with van der Waals surface area (Å²) in [6.07, 6.45) is 0. The average Bonchev–Trinajstić information content (AvgIpc) is 2.74. The van der Waals surface area contributed by atoms with E-state index in [0.717, 1.165) is 18.7 Å². The van der Waals surface area contributed by atoms with Crippen molar-refractivity contribution in [1.29, 1.82) is 0 Å². The molecule has 0 spiro atoms. The van der Waals surface area contributed by atoms with Crippen LogP contribution in [0.15, 0.2) is 42.5 Å². The molecule has 2 aromatic carbocycles. The number of benzene rings is 2. The summed E-state index contributed by atoms with van der Waals surface area (Å²) in [5, 5.41) is 3.75. The number of rotatable bonds is 5. The van der Waals surface area contributed by atoms with Crippen molar-refractivity contribution in [3.63, 3.8) is 0 Å². The fourth-order valence-corrected chi connectivity index (χ4v) is 3.80. The van der Waals surface area contributed by atoms with Gasteiger partial charge in [-0.2, -0.15) is 0 Å². The molecule has 1 amide bonds. The smallest absolute Gasteiger partial charge is 0.255 e. The number of halogens is 1. The number of amides is 1. The highest BCUT2D eigenvalue weighted by atomic mass is 35.5. The van der Waals surface area contributed by atoms with Gasteiger partial charge in [0.25, 0.3) is 5.91 Å². The van der Waals surface area contributed by atoms with E-state index in [9.17, 15) is 4.79 Å². The Labute approximate surface area is 169 Å². The molecule has 1 saturated heterocycles. The second-order valence-corrected chi connectivity index (χ2v) is 7.20. The highest BCUT2D eigenvalue weighted by molar-refractivity contribution is 6.30.